The number of carbonyl (C=O) groups excluding carboxylic acids is 1. The molecule has 32 heavy (non-hydrogen) atoms. The third-order valence-corrected chi connectivity index (χ3v) is 4.67. The number of carbonyl (C=O) groups is 1. The molecule has 0 unspecified atom stereocenters. The van der Waals surface area contributed by atoms with Crippen molar-refractivity contribution in [3.05, 3.63) is 11.6 Å². The summed E-state index contributed by atoms with van der Waals surface area (Å²) in [5.41, 5.74) is -1.24. The fraction of sp³-hybridized carbons (Fsp3) is 0.842. The number of methoxy groups -OCH3 is 1. The predicted octanol–water partition coefficient (Wildman–Crippen LogP) is 7.72. The summed E-state index contributed by atoms with van der Waals surface area (Å²) in [4.78, 5) is 11.6. The van der Waals surface area contributed by atoms with Gasteiger partial charge in [0.1, 0.15) is 0 Å². The van der Waals surface area contributed by atoms with Gasteiger partial charge in [-0.25, -0.2) is 4.79 Å². The third kappa shape index (κ3) is 6.97. The molecule has 13 heteroatoms. The Hall–Kier alpha value is -1.56. The average molecular weight is 494 g/mol. The van der Waals surface area contributed by atoms with Crippen molar-refractivity contribution < 1.29 is 57.8 Å². The highest BCUT2D eigenvalue weighted by Gasteiger charge is 2.86. The van der Waals surface area contributed by atoms with E-state index in [2.05, 4.69) is 4.74 Å². The van der Waals surface area contributed by atoms with Gasteiger partial charge in [0.2, 0.25) is 0 Å². The third-order valence-electron chi connectivity index (χ3n) is 4.67. The Morgan fingerprint density at radius 1 is 0.688 bits per heavy atom. The van der Waals surface area contributed by atoms with E-state index in [1.165, 1.54) is 0 Å². The highest BCUT2D eigenvalue weighted by Crippen LogP contribution is 2.57. The molecular formula is C19H25F11O2. The topological polar surface area (TPSA) is 26.3 Å². The van der Waals surface area contributed by atoms with E-state index in [4.69, 9.17) is 0 Å². The molecule has 190 valence electrons. The Balaban J connectivity index is 5.57. The number of alkyl halides is 11. The van der Waals surface area contributed by atoms with Crippen LogP contribution in [0.25, 0.3) is 0 Å². The summed E-state index contributed by atoms with van der Waals surface area (Å²) in [6.07, 6.45) is -3.43. The molecule has 0 aromatic carbocycles. The molecule has 0 aliphatic heterocycles. The largest absolute Gasteiger partial charge is 0.466 e. The van der Waals surface area contributed by atoms with E-state index >= 15 is 0 Å². The monoisotopic (exact) mass is 494 g/mol. The normalized spacial score (nSPS) is 14.6. The van der Waals surface area contributed by atoms with Crippen LogP contribution in [-0.4, -0.2) is 42.9 Å². The van der Waals surface area contributed by atoms with Crippen molar-refractivity contribution in [1.82, 2.24) is 0 Å². The number of rotatable bonds is 14. The summed E-state index contributed by atoms with van der Waals surface area (Å²) in [6.45, 7) is 2.00. The Bertz CT molecular complexity index is 625. The molecule has 0 aromatic rings. The molecule has 0 aliphatic carbocycles. The van der Waals surface area contributed by atoms with Gasteiger partial charge < -0.3 is 4.74 Å². The number of hydrogen-bond donors (Lipinski definition) is 0. The maximum atomic E-state index is 13.9. The van der Waals surface area contributed by atoms with E-state index in [9.17, 15) is 53.1 Å². The van der Waals surface area contributed by atoms with Gasteiger partial charge in [-0.15, -0.1) is 0 Å². The van der Waals surface area contributed by atoms with E-state index in [1.807, 2.05) is 6.92 Å². The molecule has 2 nitrogen and oxygen atoms in total. The summed E-state index contributed by atoms with van der Waals surface area (Å²) in [7, 11) is 0.659. The molecule has 0 saturated carbocycles. The van der Waals surface area contributed by atoms with Crippen LogP contribution in [0.15, 0.2) is 11.6 Å². The number of esters is 1. The molecule has 0 spiro atoms. The van der Waals surface area contributed by atoms with Crippen LogP contribution in [0.1, 0.15) is 64.7 Å². The summed E-state index contributed by atoms with van der Waals surface area (Å²) in [6, 6.07) is 0. The van der Waals surface area contributed by atoms with Gasteiger partial charge in [0, 0.05) is 11.6 Å². The lowest BCUT2D eigenvalue weighted by Gasteiger charge is -2.36. The Kier molecular flexibility index (Phi) is 11.0. The molecule has 0 bridgehead atoms. The Labute approximate surface area is 178 Å². The van der Waals surface area contributed by atoms with Gasteiger partial charge in [-0.2, -0.15) is 48.3 Å². The van der Waals surface area contributed by atoms with Crippen molar-refractivity contribution in [2.24, 2.45) is 0 Å². The lowest BCUT2D eigenvalue weighted by Crippen LogP contribution is -2.66. The first-order chi connectivity index (χ1) is 14.4. The summed E-state index contributed by atoms with van der Waals surface area (Å²) < 4.78 is 148. The lowest BCUT2D eigenvalue weighted by molar-refractivity contribution is -0.417. The molecule has 0 rings (SSSR count). The van der Waals surface area contributed by atoms with Crippen molar-refractivity contribution in [3.63, 3.8) is 0 Å². The van der Waals surface area contributed by atoms with E-state index in [-0.39, 0.29) is 6.42 Å². The zero-order valence-electron chi connectivity index (χ0n) is 17.4. The van der Waals surface area contributed by atoms with Crippen molar-refractivity contribution in [1.29, 1.82) is 0 Å². The van der Waals surface area contributed by atoms with Crippen LogP contribution in [0.2, 0.25) is 0 Å². The fourth-order valence-corrected chi connectivity index (χ4v) is 2.71. The summed E-state index contributed by atoms with van der Waals surface area (Å²) in [5, 5.41) is 0. The molecule has 0 amide bonds. The van der Waals surface area contributed by atoms with Crippen LogP contribution in [0, 0.1) is 0 Å². The molecule has 0 saturated heterocycles. The first-order valence-corrected chi connectivity index (χ1v) is 9.78. The number of halogens is 11. The van der Waals surface area contributed by atoms with Crippen LogP contribution >= 0.6 is 0 Å². The molecule has 0 fully saturated rings. The first kappa shape index (κ1) is 30.4. The van der Waals surface area contributed by atoms with Gasteiger partial charge in [-0.05, 0) is 12.8 Å². The lowest BCUT2D eigenvalue weighted by atomic mass is 9.95. The number of ether oxygens (including phenoxy) is 1. The summed E-state index contributed by atoms with van der Waals surface area (Å²) in [5.74, 6) is -30.0. The zero-order valence-corrected chi connectivity index (χ0v) is 17.4. The predicted molar refractivity (Wildman–Crippen MR) is 93.2 cm³/mol. The average Bonchev–Trinajstić information content (AvgIpc) is 2.66. The van der Waals surface area contributed by atoms with Crippen LogP contribution in [-0.2, 0) is 9.53 Å². The van der Waals surface area contributed by atoms with Gasteiger partial charge >= 0.3 is 35.8 Å². The van der Waals surface area contributed by atoms with Crippen LogP contribution in [0.4, 0.5) is 48.3 Å². The smallest absolute Gasteiger partial charge is 0.460 e. The van der Waals surface area contributed by atoms with Crippen LogP contribution in [0.5, 0.6) is 0 Å². The molecule has 0 N–H and O–H groups in total. The summed E-state index contributed by atoms with van der Waals surface area (Å²) >= 11 is 0. The zero-order chi connectivity index (χ0) is 25.4. The Morgan fingerprint density at radius 3 is 1.53 bits per heavy atom. The quantitative estimate of drug-likeness (QED) is 0.107. The second-order valence-electron chi connectivity index (χ2n) is 7.23. The van der Waals surface area contributed by atoms with Crippen molar-refractivity contribution in [3.8, 4) is 0 Å². The molecule has 0 aliphatic rings. The van der Waals surface area contributed by atoms with Crippen molar-refractivity contribution in [2.75, 3.05) is 7.11 Å². The standard InChI is InChI=1S/C19H25F11O2/c1-3-4-5-6-7-8-9-10-11-13(14(31)32-2)12-15(20,21)16(22,23)17(24,25)18(26,27)19(28,29)30/h12H,3-11H2,1-2H3. The van der Waals surface area contributed by atoms with Gasteiger partial charge in [0.15, 0.2) is 0 Å². The fourth-order valence-electron chi connectivity index (χ4n) is 2.71. The van der Waals surface area contributed by atoms with E-state index in [0.717, 1.165) is 32.1 Å². The van der Waals surface area contributed by atoms with Crippen molar-refractivity contribution >= 4 is 5.97 Å². The molecular weight excluding hydrogens is 469 g/mol. The van der Waals surface area contributed by atoms with E-state index in [1.54, 1.807) is 0 Å². The molecule has 0 heterocycles. The number of allylic oxidation sites excluding steroid dienone is 1. The van der Waals surface area contributed by atoms with Crippen LogP contribution < -0.4 is 0 Å². The van der Waals surface area contributed by atoms with Gasteiger partial charge in [0.05, 0.1) is 7.11 Å². The minimum absolute atomic E-state index is 0.0362. The Morgan fingerprint density at radius 2 is 1.12 bits per heavy atom. The second kappa shape index (κ2) is 11.5. The number of hydrogen-bond acceptors (Lipinski definition) is 2. The molecule has 0 atom stereocenters. The van der Waals surface area contributed by atoms with Gasteiger partial charge in [-0.3, -0.25) is 0 Å². The van der Waals surface area contributed by atoms with Gasteiger partial charge in [-0.1, -0.05) is 51.9 Å². The van der Waals surface area contributed by atoms with Crippen LogP contribution in [0.3, 0.4) is 0 Å². The molecule has 0 aromatic heterocycles. The minimum Gasteiger partial charge on any atom is -0.466 e. The van der Waals surface area contributed by atoms with Crippen molar-refractivity contribution in [2.45, 2.75) is 94.6 Å². The SMILES string of the molecule is CCCCCCCCCCC(=CC(F)(F)C(F)(F)C(F)(F)C(F)(F)C(F)(F)F)C(=O)OC. The highest BCUT2D eigenvalue weighted by atomic mass is 19.4. The van der Waals surface area contributed by atoms with Gasteiger partial charge in [0.25, 0.3) is 0 Å². The second-order valence-corrected chi connectivity index (χ2v) is 7.23. The molecule has 0 radical (unpaired) electrons. The first-order valence-electron chi connectivity index (χ1n) is 9.78. The maximum absolute atomic E-state index is 13.9. The van der Waals surface area contributed by atoms with E-state index < -0.39 is 53.9 Å². The van der Waals surface area contributed by atoms with E-state index in [0.29, 0.717) is 20.0 Å². The minimum atomic E-state index is -7.52. The maximum Gasteiger partial charge on any atom is 0.460 e. The number of unbranched alkanes of at least 4 members (excludes halogenated alkanes) is 7. The highest BCUT2D eigenvalue weighted by molar-refractivity contribution is 5.88.